The van der Waals surface area contributed by atoms with E-state index < -0.39 is 6.43 Å². The third-order valence-corrected chi connectivity index (χ3v) is 0. The Hall–Kier alpha value is -0.350. The summed E-state index contributed by atoms with van der Waals surface area (Å²) in [5, 5.41) is 0. The molecule has 0 fully saturated rings. The first-order chi connectivity index (χ1) is 3.41. The Kier molecular flexibility index (Phi) is 25.9. The van der Waals surface area contributed by atoms with Gasteiger partial charge in [-0.05, 0) is 6.92 Å². The zero-order chi connectivity index (χ0) is 7.21. The van der Waals surface area contributed by atoms with Gasteiger partial charge in [0.05, 0.1) is 6.67 Å². The molecule has 10 heavy (non-hydrogen) atoms. The van der Waals surface area contributed by atoms with Crippen LogP contribution in [-0.2, 0) is 0 Å². The van der Waals surface area contributed by atoms with Crippen molar-refractivity contribution in [2.24, 2.45) is 0 Å². The van der Waals surface area contributed by atoms with E-state index in [4.69, 9.17) is 0 Å². The van der Waals surface area contributed by atoms with Gasteiger partial charge in [0, 0.05) is 0 Å². The molecule has 0 aliphatic carbocycles. The number of alkyl halides is 5. The van der Waals surface area contributed by atoms with Crippen molar-refractivity contribution < 1.29 is 22.0 Å². The summed E-state index contributed by atoms with van der Waals surface area (Å²) in [6.45, 7) is 1.21. The number of halogens is 5. The first-order valence-electron chi connectivity index (χ1n) is 1.73. The van der Waals surface area contributed by atoms with Crippen LogP contribution in [0.25, 0.3) is 0 Å². The minimum absolute atomic E-state index is 0. The van der Waals surface area contributed by atoms with Crippen molar-refractivity contribution in [3.05, 3.63) is 0 Å². The summed E-state index contributed by atoms with van der Waals surface area (Å²) in [5.74, 6) is 0. The summed E-state index contributed by atoms with van der Waals surface area (Å²) in [7, 11) is 0. The number of hydrogen-bond acceptors (Lipinski definition) is 0. The van der Waals surface area contributed by atoms with E-state index >= 15 is 0 Å². The van der Waals surface area contributed by atoms with E-state index in [0.29, 0.717) is 0 Å². The van der Waals surface area contributed by atoms with Crippen LogP contribution in [-0.4, -0.2) is 13.1 Å². The van der Waals surface area contributed by atoms with Gasteiger partial charge in [-0.15, -0.1) is 17.6 Å². The topological polar surface area (TPSA) is 0 Å². The number of hydrogen-bond donors (Lipinski definition) is 0. The molecule has 68 valence electrons. The van der Waals surface area contributed by atoms with E-state index in [9.17, 15) is 22.0 Å². The van der Waals surface area contributed by atoms with Crippen LogP contribution >= 0.6 is 0 Å². The molecule has 0 bridgehead atoms. The molecule has 5 heteroatoms. The summed E-state index contributed by atoms with van der Waals surface area (Å²) in [6.07, 6.45) is -5.50. The molecule has 0 radical (unpaired) electrons. The molecular formula is C5H13F5. The minimum Gasteiger partial charge on any atom is -0.251 e. The third kappa shape index (κ3) is 2760. The van der Waals surface area contributed by atoms with E-state index in [1.807, 2.05) is 0 Å². The Labute approximate surface area is 58.0 Å². The highest BCUT2D eigenvalue weighted by Crippen LogP contribution is 2.13. The monoisotopic (exact) mass is 168 g/mol. The van der Waals surface area contributed by atoms with Crippen molar-refractivity contribution in [1.82, 2.24) is 0 Å². The Morgan fingerprint density at radius 2 is 1.00 bits per heavy atom. The molecule has 0 atom stereocenters. The van der Waals surface area contributed by atoms with E-state index in [1.165, 1.54) is 6.92 Å². The predicted molar refractivity (Wildman–Crippen MR) is 32.3 cm³/mol. The molecule has 0 aromatic carbocycles. The lowest BCUT2D eigenvalue weighted by atomic mass is 10.9. The maximum absolute atomic E-state index is 10.3. The Morgan fingerprint density at radius 1 is 1.00 bits per heavy atom. The van der Waals surface area contributed by atoms with Crippen LogP contribution in [0.2, 0.25) is 0 Å². The fourth-order valence-corrected chi connectivity index (χ4v) is 0. The molecule has 0 saturated carbocycles. The average Bonchev–Trinajstić information content (AvgIpc) is 1.27. The molecule has 0 aromatic heterocycles. The van der Waals surface area contributed by atoms with Crippen LogP contribution in [0, 0.1) is 0 Å². The van der Waals surface area contributed by atoms with Gasteiger partial charge < -0.3 is 0 Å². The van der Waals surface area contributed by atoms with Gasteiger partial charge in [0.1, 0.15) is 0 Å². The molecule has 0 heterocycles. The molecule has 0 aliphatic heterocycles. The third-order valence-electron chi connectivity index (χ3n) is 0. The fraction of sp³-hybridized carbons (Fsp3) is 1.00. The summed E-state index contributed by atoms with van der Waals surface area (Å²) in [4.78, 5) is 0. The minimum atomic E-state index is -5.50. The smallest absolute Gasteiger partial charge is 0.251 e. The Balaban J connectivity index is -0.0000000326. The molecule has 0 N–H and O–H groups in total. The molecule has 0 aliphatic rings. The molecule has 0 aromatic rings. The van der Waals surface area contributed by atoms with Crippen LogP contribution in [0.4, 0.5) is 22.0 Å². The maximum atomic E-state index is 10.3. The highest BCUT2D eigenvalue weighted by atomic mass is 19.5. The standard InChI is InChI=1S/C2H5F.CF4.2CH4/c1-2-3;2-1(3,4)5;;/h2H2,1H3;;2*1H4. The average molecular weight is 168 g/mol. The van der Waals surface area contributed by atoms with Gasteiger partial charge in [-0.1, -0.05) is 14.9 Å². The predicted octanol–water partition coefficient (Wildman–Crippen LogP) is 3.72. The molecule has 0 amide bonds. The van der Waals surface area contributed by atoms with Crippen molar-refractivity contribution in [2.75, 3.05) is 6.67 Å². The zero-order valence-electron chi connectivity index (χ0n) is 4.10. The molecular weight excluding hydrogens is 155 g/mol. The van der Waals surface area contributed by atoms with Gasteiger partial charge in [-0.25, -0.2) is 0 Å². The lowest BCUT2D eigenvalue weighted by Crippen LogP contribution is -1.92. The second kappa shape index (κ2) is 11.4. The van der Waals surface area contributed by atoms with Crippen molar-refractivity contribution in [1.29, 1.82) is 0 Å². The summed E-state index contributed by atoms with van der Waals surface area (Å²) in [5.41, 5.74) is 0. The molecule has 0 rings (SSSR count). The van der Waals surface area contributed by atoms with Crippen molar-refractivity contribution >= 4 is 0 Å². The summed E-state index contributed by atoms with van der Waals surface area (Å²) >= 11 is 0. The maximum Gasteiger partial charge on any atom is 0.559 e. The van der Waals surface area contributed by atoms with Crippen molar-refractivity contribution in [3.63, 3.8) is 0 Å². The summed E-state index contributed by atoms with van der Waals surface area (Å²) < 4.78 is 49.0. The number of rotatable bonds is 0. The van der Waals surface area contributed by atoms with Crippen molar-refractivity contribution in [3.8, 4) is 0 Å². The van der Waals surface area contributed by atoms with E-state index in [0.717, 1.165) is 0 Å². The normalized spacial score (nSPS) is 7.80. The second-order valence-electron chi connectivity index (χ2n) is 0.696. The molecule has 0 spiro atoms. The fourth-order valence-electron chi connectivity index (χ4n) is 0. The molecule has 0 unspecified atom stereocenters. The Morgan fingerprint density at radius 3 is 1.00 bits per heavy atom. The van der Waals surface area contributed by atoms with Crippen LogP contribution in [0.5, 0.6) is 0 Å². The highest BCUT2D eigenvalue weighted by molar-refractivity contribution is 4.08. The molecule has 0 nitrogen and oxygen atoms in total. The SMILES string of the molecule is C.C.CCF.FC(F)(F)F. The van der Waals surface area contributed by atoms with E-state index in [2.05, 4.69) is 0 Å². The first-order valence-corrected chi connectivity index (χ1v) is 1.73. The first kappa shape index (κ1) is 22.6. The zero-order valence-corrected chi connectivity index (χ0v) is 4.10. The van der Waals surface area contributed by atoms with Gasteiger partial charge in [-0.3, -0.25) is 4.39 Å². The lowest BCUT2D eigenvalue weighted by molar-refractivity contribution is -0.237. The van der Waals surface area contributed by atoms with Gasteiger partial charge in [-0.2, -0.15) is 0 Å². The van der Waals surface area contributed by atoms with Crippen LogP contribution in [0.15, 0.2) is 0 Å². The van der Waals surface area contributed by atoms with Gasteiger partial charge in [0.25, 0.3) is 0 Å². The van der Waals surface area contributed by atoms with E-state index in [1.54, 1.807) is 0 Å². The van der Waals surface area contributed by atoms with Crippen molar-refractivity contribution in [2.45, 2.75) is 28.2 Å². The summed E-state index contributed by atoms with van der Waals surface area (Å²) in [6, 6.07) is 0. The molecule has 0 saturated heterocycles. The Bertz CT molecular complexity index is 33.8. The highest BCUT2D eigenvalue weighted by Gasteiger charge is 2.24. The van der Waals surface area contributed by atoms with Gasteiger partial charge in [0.15, 0.2) is 0 Å². The van der Waals surface area contributed by atoms with E-state index in [-0.39, 0.29) is 21.5 Å². The van der Waals surface area contributed by atoms with Crippen LogP contribution < -0.4 is 0 Å². The van der Waals surface area contributed by atoms with Gasteiger partial charge >= 0.3 is 6.43 Å². The second-order valence-corrected chi connectivity index (χ2v) is 0.696. The largest absolute Gasteiger partial charge is 0.559 e. The van der Waals surface area contributed by atoms with Crippen LogP contribution in [0.1, 0.15) is 21.8 Å². The quantitative estimate of drug-likeness (QED) is 0.483. The lowest BCUT2D eigenvalue weighted by Gasteiger charge is -1.82. The van der Waals surface area contributed by atoms with Gasteiger partial charge in [0.2, 0.25) is 0 Å². The van der Waals surface area contributed by atoms with Crippen LogP contribution in [0.3, 0.4) is 0 Å².